The highest BCUT2D eigenvalue weighted by molar-refractivity contribution is 5.50. The highest BCUT2D eigenvalue weighted by Gasteiger charge is 2.33. The molecule has 0 aromatic carbocycles. The Kier molecular flexibility index (Phi) is 3.65. The lowest BCUT2D eigenvalue weighted by Crippen LogP contribution is -2.19. The maximum absolute atomic E-state index is 13.0. The van der Waals surface area contributed by atoms with Gasteiger partial charge in [-0.25, -0.2) is 4.98 Å². The van der Waals surface area contributed by atoms with Crippen LogP contribution in [0.4, 0.5) is 13.2 Å². The number of halogens is 3. The number of aromatic nitrogens is 2. The van der Waals surface area contributed by atoms with Gasteiger partial charge in [-0.2, -0.15) is 13.2 Å². The Morgan fingerprint density at radius 2 is 1.90 bits per heavy atom. The van der Waals surface area contributed by atoms with Gasteiger partial charge < -0.3 is 9.51 Å². The second-order valence-electron chi connectivity index (χ2n) is 5.70. The number of fused-ring (bicyclic) bond motifs is 1. The van der Waals surface area contributed by atoms with Crippen LogP contribution in [0.2, 0.25) is 0 Å². The fourth-order valence-electron chi connectivity index (χ4n) is 3.14. The van der Waals surface area contributed by atoms with Crippen LogP contribution < -0.4 is 0 Å². The molecule has 3 nitrogen and oxygen atoms in total. The van der Waals surface area contributed by atoms with Crippen molar-refractivity contribution in [2.75, 3.05) is 0 Å². The lowest BCUT2D eigenvalue weighted by molar-refractivity contribution is -0.137. The first-order valence-electron chi connectivity index (χ1n) is 7.18. The normalized spacial score (nSPS) is 19.0. The van der Waals surface area contributed by atoms with E-state index >= 15 is 0 Å². The lowest BCUT2D eigenvalue weighted by atomic mass is 9.84. The van der Waals surface area contributed by atoms with Crippen molar-refractivity contribution in [1.82, 2.24) is 9.38 Å². The van der Waals surface area contributed by atoms with Crippen molar-refractivity contribution < 1.29 is 18.3 Å². The molecule has 21 heavy (non-hydrogen) atoms. The zero-order valence-corrected chi connectivity index (χ0v) is 11.5. The van der Waals surface area contributed by atoms with Crippen molar-refractivity contribution in [3.63, 3.8) is 0 Å². The number of aliphatic hydroxyl groups excluding tert-OH is 1. The number of aliphatic hydroxyl groups is 1. The van der Waals surface area contributed by atoms with E-state index in [0.29, 0.717) is 5.52 Å². The summed E-state index contributed by atoms with van der Waals surface area (Å²) in [5.74, 6) is 0.0211. The molecule has 0 saturated heterocycles. The summed E-state index contributed by atoms with van der Waals surface area (Å²) in [7, 11) is 0. The number of hydrogen-bond donors (Lipinski definition) is 1. The minimum atomic E-state index is -4.42. The number of rotatable bonds is 2. The van der Waals surface area contributed by atoms with E-state index in [1.807, 2.05) is 0 Å². The van der Waals surface area contributed by atoms with Crippen LogP contribution in [-0.2, 0) is 6.18 Å². The van der Waals surface area contributed by atoms with Crippen LogP contribution in [0.5, 0.6) is 0 Å². The maximum atomic E-state index is 13.0. The van der Waals surface area contributed by atoms with E-state index in [4.69, 9.17) is 0 Å². The van der Waals surface area contributed by atoms with Gasteiger partial charge in [0.05, 0.1) is 35.4 Å². The third-order valence-corrected chi connectivity index (χ3v) is 4.28. The predicted octanol–water partition coefficient (Wildman–Crippen LogP) is 3.97. The molecule has 1 fully saturated rings. The predicted molar refractivity (Wildman–Crippen MR) is 71.7 cm³/mol. The highest BCUT2D eigenvalue weighted by atomic mass is 19.4. The van der Waals surface area contributed by atoms with E-state index < -0.39 is 17.8 Å². The molecule has 2 aromatic rings. The molecule has 1 saturated carbocycles. The Hall–Kier alpha value is -1.56. The van der Waals surface area contributed by atoms with Gasteiger partial charge in [0.1, 0.15) is 0 Å². The van der Waals surface area contributed by atoms with Gasteiger partial charge in [0.2, 0.25) is 0 Å². The van der Waals surface area contributed by atoms with Crippen molar-refractivity contribution in [2.24, 2.45) is 5.92 Å². The molecule has 1 atom stereocenters. The minimum Gasteiger partial charge on any atom is -0.387 e. The Morgan fingerprint density at radius 3 is 2.57 bits per heavy atom. The minimum absolute atomic E-state index is 0.0211. The summed E-state index contributed by atoms with van der Waals surface area (Å²) in [5, 5.41) is 10.5. The molecular weight excluding hydrogens is 281 g/mol. The Labute approximate surface area is 120 Å². The standard InChI is InChI=1S/C15H17F3N2O/c16-15(17,18)11-6-12-8-19-9-20(12)13(7-11)14(21)10-4-2-1-3-5-10/h6-10,14,21H,1-5H2. The molecule has 0 spiro atoms. The third-order valence-electron chi connectivity index (χ3n) is 4.28. The zero-order chi connectivity index (χ0) is 15.0. The van der Waals surface area contributed by atoms with Crippen molar-refractivity contribution in [1.29, 1.82) is 0 Å². The summed E-state index contributed by atoms with van der Waals surface area (Å²) in [4.78, 5) is 3.90. The van der Waals surface area contributed by atoms with E-state index in [9.17, 15) is 18.3 Å². The highest BCUT2D eigenvalue weighted by Crippen LogP contribution is 2.37. The van der Waals surface area contributed by atoms with Crippen molar-refractivity contribution >= 4 is 5.52 Å². The second kappa shape index (κ2) is 5.33. The fourth-order valence-corrected chi connectivity index (χ4v) is 3.14. The van der Waals surface area contributed by atoms with Gasteiger partial charge in [0.25, 0.3) is 0 Å². The number of hydrogen-bond acceptors (Lipinski definition) is 2. The second-order valence-corrected chi connectivity index (χ2v) is 5.70. The van der Waals surface area contributed by atoms with Crippen LogP contribution >= 0.6 is 0 Å². The summed E-state index contributed by atoms with van der Waals surface area (Å²) in [6.07, 6.45) is 2.41. The molecule has 0 amide bonds. The molecule has 1 N–H and O–H groups in total. The molecule has 1 aliphatic carbocycles. The van der Waals surface area contributed by atoms with E-state index in [2.05, 4.69) is 4.98 Å². The van der Waals surface area contributed by atoms with E-state index in [0.717, 1.165) is 44.2 Å². The van der Waals surface area contributed by atoms with Crippen LogP contribution in [0.25, 0.3) is 5.52 Å². The van der Waals surface area contributed by atoms with Gasteiger partial charge in [-0.1, -0.05) is 19.3 Å². The first kappa shape index (κ1) is 14.4. The van der Waals surface area contributed by atoms with E-state index in [1.54, 1.807) is 4.40 Å². The summed E-state index contributed by atoms with van der Waals surface area (Å²) in [5.41, 5.74) is -0.0979. The quantitative estimate of drug-likeness (QED) is 0.911. The summed E-state index contributed by atoms with van der Waals surface area (Å²) in [6.45, 7) is 0. The maximum Gasteiger partial charge on any atom is 0.416 e. The SMILES string of the molecule is OC(c1cc(C(F)(F)F)cc2cncn12)C1CCCCC1. The topological polar surface area (TPSA) is 37.5 Å². The average Bonchev–Trinajstić information content (AvgIpc) is 2.94. The number of imidazole rings is 1. The van der Waals surface area contributed by atoms with Gasteiger partial charge in [-0.3, -0.25) is 0 Å². The van der Waals surface area contributed by atoms with Crippen LogP contribution in [0, 0.1) is 5.92 Å². The Bertz CT molecular complexity index is 629. The molecule has 2 aromatic heterocycles. The first-order chi connectivity index (χ1) is 9.97. The molecule has 0 radical (unpaired) electrons. The summed E-state index contributed by atoms with van der Waals surface area (Å²) < 4.78 is 40.5. The van der Waals surface area contributed by atoms with Gasteiger partial charge >= 0.3 is 6.18 Å². The molecule has 2 heterocycles. The molecule has 0 bridgehead atoms. The Morgan fingerprint density at radius 1 is 1.19 bits per heavy atom. The number of alkyl halides is 3. The molecular formula is C15H17F3N2O. The van der Waals surface area contributed by atoms with Gasteiger partial charge in [-0.15, -0.1) is 0 Å². The molecule has 114 valence electrons. The molecule has 1 unspecified atom stereocenters. The number of nitrogens with zero attached hydrogens (tertiary/aromatic N) is 2. The van der Waals surface area contributed by atoms with Crippen LogP contribution in [0.1, 0.15) is 49.5 Å². The fraction of sp³-hybridized carbons (Fsp3) is 0.533. The van der Waals surface area contributed by atoms with Gasteiger partial charge in [-0.05, 0) is 30.9 Å². The van der Waals surface area contributed by atoms with Crippen molar-refractivity contribution in [3.05, 3.63) is 35.9 Å². The van der Waals surface area contributed by atoms with Crippen LogP contribution in [0.3, 0.4) is 0 Å². The smallest absolute Gasteiger partial charge is 0.387 e. The van der Waals surface area contributed by atoms with Gasteiger partial charge in [0, 0.05) is 0 Å². The van der Waals surface area contributed by atoms with E-state index in [-0.39, 0.29) is 11.6 Å². The summed E-state index contributed by atoms with van der Waals surface area (Å²) in [6, 6.07) is 2.11. The summed E-state index contributed by atoms with van der Waals surface area (Å²) >= 11 is 0. The average molecular weight is 298 g/mol. The van der Waals surface area contributed by atoms with Crippen molar-refractivity contribution in [3.8, 4) is 0 Å². The largest absolute Gasteiger partial charge is 0.416 e. The first-order valence-corrected chi connectivity index (χ1v) is 7.18. The van der Waals surface area contributed by atoms with E-state index in [1.165, 1.54) is 12.5 Å². The van der Waals surface area contributed by atoms with Crippen LogP contribution in [-0.4, -0.2) is 14.5 Å². The Balaban J connectivity index is 2.05. The van der Waals surface area contributed by atoms with Crippen molar-refractivity contribution in [2.45, 2.75) is 44.4 Å². The molecule has 6 heteroatoms. The molecule has 1 aliphatic rings. The molecule has 0 aliphatic heterocycles. The number of pyridine rings is 1. The lowest BCUT2D eigenvalue weighted by Gasteiger charge is -2.27. The molecule has 3 rings (SSSR count). The van der Waals surface area contributed by atoms with Crippen LogP contribution in [0.15, 0.2) is 24.7 Å². The monoisotopic (exact) mass is 298 g/mol. The third kappa shape index (κ3) is 2.77. The zero-order valence-electron chi connectivity index (χ0n) is 11.5. The van der Waals surface area contributed by atoms with Gasteiger partial charge in [0.15, 0.2) is 0 Å².